The first kappa shape index (κ1) is 26.6. The van der Waals surface area contributed by atoms with E-state index in [0.29, 0.717) is 22.8 Å². The van der Waals surface area contributed by atoms with Gasteiger partial charge in [0.1, 0.15) is 0 Å². The minimum Gasteiger partial charge on any atom is -0.379 e. The molecule has 0 aliphatic carbocycles. The lowest BCUT2D eigenvalue weighted by molar-refractivity contribution is 0.0383. The average molecular weight is 527 g/mol. The molecule has 2 N–H and O–H groups in total. The van der Waals surface area contributed by atoms with Crippen LogP contribution >= 0.6 is 11.6 Å². The summed E-state index contributed by atoms with van der Waals surface area (Å²) < 4.78 is 7.87. The molecule has 2 heterocycles. The van der Waals surface area contributed by atoms with Crippen molar-refractivity contribution >= 4 is 29.1 Å². The SMILES string of the molecule is CC(C)n1c(=O)nc(Nc2ccc(C(=O)NCCN3CCOCC3)cc2)n(Cc2ccc(Cl)cc2)c1=O. The lowest BCUT2D eigenvalue weighted by Gasteiger charge is -2.26. The number of morpholine rings is 1. The second-order valence-corrected chi connectivity index (χ2v) is 9.53. The van der Waals surface area contributed by atoms with Gasteiger partial charge in [0.05, 0.1) is 19.8 Å². The van der Waals surface area contributed by atoms with Gasteiger partial charge in [-0.3, -0.25) is 14.3 Å². The van der Waals surface area contributed by atoms with E-state index in [2.05, 4.69) is 20.5 Å². The van der Waals surface area contributed by atoms with E-state index in [9.17, 15) is 14.4 Å². The van der Waals surface area contributed by atoms with Crippen LogP contribution < -0.4 is 22.0 Å². The number of nitrogens with zero attached hydrogens (tertiary/aromatic N) is 4. The number of hydrogen-bond acceptors (Lipinski definition) is 7. The molecule has 0 saturated carbocycles. The third kappa shape index (κ3) is 6.85. The van der Waals surface area contributed by atoms with E-state index >= 15 is 0 Å². The molecule has 0 spiro atoms. The molecular formula is C26H31ClN6O4. The maximum atomic E-state index is 13.2. The Morgan fingerprint density at radius 1 is 1.05 bits per heavy atom. The Morgan fingerprint density at radius 3 is 2.38 bits per heavy atom. The number of benzene rings is 2. The fourth-order valence-corrected chi connectivity index (χ4v) is 4.17. The highest BCUT2D eigenvalue weighted by Crippen LogP contribution is 2.16. The number of hydrogen-bond donors (Lipinski definition) is 2. The molecule has 10 nitrogen and oxygen atoms in total. The van der Waals surface area contributed by atoms with Crippen LogP contribution in [0.15, 0.2) is 58.1 Å². The lowest BCUT2D eigenvalue weighted by atomic mass is 10.2. The van der Waals surface area contributed by atoms with Gasteiger partial charge in [-0.2, -0.15) is 4.98 Å². The van der Waals surface area contributed by atoms with Crippen LogP contribution in [0.4, 0.5) is 11.6 Å². The van der Waals surface area contributed by atoms with Crippen molar-refractivity contribution in [3.05, 3.63) is 85.6 Å². The Bertz CT molecular complexity index is 1330. The molecule has 0 bridgehead atoms. The molecule has 0 unspecified atom stereocenters. The van der Waals surface area contributed by atoms with Crippen molar-refractivity contribution in [3.63, 3.8) is 0 Å². The lowest BCUT2D eigenvalue weighted by Crippen LogP contribution is -2.43. The zero-order valence-corrected chi connectivity index (χ0v) is 21.7. The van der Waals surface area contributed by atoms with Gasteiger partial charge in [0.25, 0.3) is 5.91 Å². The summed E-state index contributed by atoms with van der Waals surface area (Å²) in [6.07, 6.45) is 0. The largest absolute Gasteiger partial charge is 0.379 e. The highest BCUT2D eigenvalue weighted by molar-refractivity contribution is 6.30. The van der Waals surface area contributed by atoms with Crippen LogP contribution in [0.25, 0.3) is 0 Å². The molecule has 1 saturated heterocycles. The Labute approximate surface area is 219 Å². The summed E-state index contributed by atoms with van der Waals surface area (Å²) in [5.74, 6) is -0.0540. The van der Waals surface area contributed by atoms with Gasteiger partial charge in [-0.25, -0.2) is 14.2 Å². The molecule has 2 aromatic carbocycles. The van der Waals surface area contributed by atoms with Crippen LogP contribution in [-0.2, 0) is 11.3 Å². The van der Waals surface area contributed by atoms with Crippen molar-refractivity contribution in [2.75, 3.05) is 44.7 Å². The summed E-state index contributed by atoms with van der Waals surface area (Å²) in [6, 6.07) is 13.6. The molecule has 3 aromatic rings. The Kier molecular flexibility index (Phi) is 8.75. The second kappa shape index (κ2) is 12.2. The molecule has 0 atom stereocenters. The summed E-state index contributed by atoms with van der Waals surface area (Å²) in [5.41, 5.74) is 0.821. The summed E-state index contributed by atoms with van der Waals surface area (Å²) in [5, 5.41) is 6.59. The monoisotopic (exact) mass is 526 g/mol. The number of amides is 1. The predicted octanol–water partition coefficient (Wildman–Crippen LogP) is 2.49. The van der Waals surface area contributed by atoms with E-state index in [1.165, 1.54) is 4.57 Å². The van der Waals surface area contributed by atoms with Gasteiger partial charge in [0.15, 0.2) is 0 Å². The number of anilines is 2. The number of nitrogens with one attached hydrogen (secondary N) is 2. The summed E-state index contributed by atoms with van der Waals surface area (Å²) in [6.45, 7) is 8.21. The molecule has 11 heteroatoms. The first-order valence-corrected chi connectivity index (χ1v) is 12.6. The molecule has 0 radical (unpaired) electrons. The molecule has 1 aliphatic rings. The van der Waals surface area contributed by atoms with Crippen molar-refractivity contribution in [3.8, 4) is 0 Å². The van der Waals surface area contributed by atoms with Gasteiger partial charge >= 0.3 is 11.4 Å². The van der Waals surface area contributed by atoms with Crippen molar-refractivity contribution in [2.45, 2.75) is 26.4 Å². The number of carbonyl (C=O) groups is 1. The van der Waals surface area contributed by atoms with E-state index in [-0.39, 0.29) is 24.4 Å². The fourth-order valence-electron chi connectivity index (χ4n) is 4.05. The minimum absolute atomic E-state index is 0.115. The summed E-state index contributed by atoms with van der Waals surface area (Å²) in [7, 11) is 0. The summed E-state index contributed by atoms with van der Waals surface area (Å²) >= 11 is 6.00. The molecule has 1 fully saturated rings. The van der Waals surface area contributed by atoms with E-state index in [1.807, 2.05) is 12.1 Å². The van der Waals surface area contributed by atoms with Gasteiger partial charge in [-0.1, -0.05) is 23.7 Å². The molecule has 1 amide bonds. The molecule has 196 valence electrons. The standard InChI is InChI=1S/C26H31ClN6O4/c1-18(2)33-25(35)30-24(32(26(33)36)17-19-3-7-21(27)8-4-19)29-22-9-5-20(6-10-22)23(34)28-11-12-31-13-15-37-16-14-31/h3-10,18H,11-17H2,1-2H3,(H,28,34)(H,29,30,35). The first-order valence-electron chi connectivity index (χ1n) is 12.2. The molecular weight excluding hydrogens is 496 g/mol. The minimum atomic E-state index is -0.633. The quantitative estimate of drug-likeness (QED) is 0.440. The van der Waals surface area contributed by atoms with Crippen molar-refractivity contribution in [1.29, 1.82) is 0 Å². The number of aromatic nitrogens is 3. The van der Waals surface area contributed by atoms with Crippen LogP contribution in [0, 0.1) is 0 Å². The average Bonchev–Trinajstić information content (AvgIpc) is 2.88. The molecule has 37 heavy (non-hydrogen) atoms. The van der Waals surface area contributed by atoms with Crippen LogP contribution in [0.1, 0.15) is 35.8 Å². The number of halogens is 1. The van der Waals surface area contributed by atoms with E-state index in [4.69, 9.17) is 16.3 Å². The maximum absolute atomic E-state index is 13.2. The number of rotatable bonds is 9. The zero-order chi connectivity index (χ0) is 26.4. The Balaban J connectivity index is 1.49. The summed E-state index contributed by atoms with van der Waals surface area (Å²) in [4.78, 5) is 44.8. The topological polar surface area (TPSA) is 110 Å². The predicted molar refractivity (Wildman–Crippen MR) is 143 cm³/mol. The molecule has 1 aliphatic heterocycles. The molecule has 4 rings (SSSR count). The number of carbonyl (C=O) groups excluding carboxylic acids is 1. The van der Waals surface area contributed by atoms with E-state index in [0.717, 1.165) is 43.0 Å². The fraction of sp³-hybridized carbons (Fsp3) is 0.385. The third-order valence-electron chi connectivity index (χ3n) is 6.09. The highest BCUT2D eigenvalue weighted by atomic mass is 35.5. The van der Waals surface area contributed by atoms with E-state index < -0.39 is 11.4 Å². The van der Waals surface area contributed by atoms with Crippen LogP contribution in [0.3, 0.4) is 0 Å². The van der Waals surface area contributed by atoms with E-state index in [1.54, 1.807) is 50.2 Å². The Hall–Kier alpha value is -3.47. The second-order valence-electron chi connectivity index (χ2n) is 9.09. The van der Waals surface area contributed by atoms with Crippen LogP contribution in [0.5, 0.6) is 0 Å². The number of ether oxygens (including phenoxy) is 1. The smallest absolute Gasteiger partial charge is 0.355 e. The van der Waals surface area contributed by atoms with Crippen molar-refractivity contribution < 1.29 is 9.53 Å². The van der Waals surface area contributed by atoms with Crippen molar-refractivity contribution in [1.82, 2.24) is 24.3 Å². The Morgan fingerprint density at radius 2 is 1.73 bits per heavy atom. The third-order valence-corrected chi connectivity index (χ3v) is 6.34. The van der Waals surface area contributed by atoms with Gasteiger partial charge in [0, 0.05) is 48.5 Å². The van der Waals surface area contributed by atoms with Gasteiger partial charge in [-0.15, -0.1) is 0 Å². The maximum Gasteiger partial charge on any atom is 0.355 e. The van der Waals surface area contributed by atoms with Gasteiger partial charge in [-0.05, 0) is 55.8 Å². The van der Waals surface area contributed by atoms with Crippen LogP contribution in [-0.4, -0.2) is 64.3 Å². The van der Waals surface area contributed by atoms with Crippen molar-refractivity contribution in [2.24, 2.45) is 0 Å². The van der Waals surface area contributed by atoms with Gasteiger partial charge < -0.3 is 15.4 Å². The highest BCUT2D eigenvalue weighted by Gasteiger charge is 2.16. The van der Waals surface area contributed by atoms with Crippen LogP contribution in [0.2, 0.25) is 5.02 Å². The van der Waals surface area contributed by atoms with Gasteiger partial charge in [0.2, 0.25) is 5.95 Å². The normalized spacial score (nSPS) is 14.1. The zero-order valence-electron chi connectivity index (χ0n) is 20.9. The molecule has 1 aromatic heterocycles. The first-order chi connectivity index (χ1) is 17.8.